The van der Waals surface area contributed by atoms with Gasteiger partial charge >= 0.3 is 5.97 Å². The first-order chi connectivity index (χ1) is 11.6. The molecule has 0 spiro atoms. The lowest BCUT2D eigenvalue weighted by Gasteiger charge is -2.32. The van der Waals surface area contributed by atoms with Crippen molar-refractivity contribution in [2.45, 2.75) is 25.4 Å². The summed E-state index contributed by atoms with van der Waals surface area (Å²) in [5, 5.41) is 9.73. The largest absolute Gasteiger partial charge is 0.491 e. The molecule has 0 radical (unpaired) electrons. The fourth-order valence-electron chi connectivity index (χ4n) is 3.17. The molecule has 2 aromatic rings. The Morgan fingerprint density at radius 3 is 2.50 bits per heavy atom. The maximum Gasteiger partial charge on any atom is 0.326 e. The Bertz CT molecular complexity index is 744. The summed E-state index contributed by atoms with van der Waals surface area (Å²) in [5.41, 5.74) is 1.73. The Morgan fingerprint density at radius 2 is 1.83 bits per heavy atom. The molecule has 0 fully saturated rings. The molecule has 2 atom stereocenters. The molecule has 5 heteroatoms. The van der Waals surface area contributed by atoms with Gasteiger partial charge in [0.1, 0.15) is 18.4 Å². The first-order valence-electron chi connectivity index (χ1n) is 7.85. The molecule has 1 aliphatic rings. The van der Waals surface area contributed by atoms with E-state index >= 15 is 0 Å². The van der Waals surface area contributed by atoms with Gasteiger partial charge in [-0.3, -0.25) is 4.79 Å². The van der Waals surface area contributed by atoms with Crippen LogP contribution in [0.2, 0.25) is 0 Å². The summed E-state index contributed by atoms with van der Waals surface area (Å²) in [4.78, 5) is 25.6. The van der Waals surface area contributed by atoms with Gasteiger partial charge in [-0.1, -0.05) is 48.5 Å². The number of ether oxygens (including phenoxy) is 1. The van der Waals surface area contributed by atoms with Crippen LogP contribution in [0.25, 0.3) is 0 Å². The summed E-state index contributed by atoms with van der Waals surface area (Å²) >= 11 is 0. The molecule has 0 saturated heterocycles. The van der Waals surface area contributed by atoms with Crippen LogP contribution in [0.3, 0.4) is 0 Å². The second kappa shape index (κ2) is 6.74. The number of carbonyl (C=O) groups is 2. The Hall–Kier alpha value is -2.82. The first-order valence-corrected chi connectivity index (χ1v) is 7.85. The van der Waals surface area contributed by atoms with Crippen LogP contribution in [0, 0.1) is 0 Å². The molecular formula is C19H19NO4. The summed E-state index contributed by atoms with van der Waals surface area (Å²) in [6, 6.07) is 15.5. The van der Waals surface area contributed by atoms with Gasteiger partial charge in [-0.2, -0.15) is 0 Å². The monoisotopic (exact) mass is 325 g/mol. The van der Waals surface area contributed by atoms with Crippen molar-refractivity contribution in [2.75, 3.05) is 6.61 Å². The minimum Gasteiger partial charge on any atom is -0.491 e. The van der Waals surface area contributed by atoms with Gasteiger partial charge in [-0.25, -0.2) is 4.79 Å². The Labute approximate surface area is 140 Å². The van der Waals surface area contributed by atoms with Crippen molar-refractivity contribution in [1.29, 1.82) is 0 Å². The lowest BCUT2D eigenvalue weighted by Crippen LogP contribution is -2.48. The maximum atomic E-state index is 12.3. The van der Waals surface area contributed by atoms with Crippen molar-refractivity contribution < 1.29 is 19.4 Å². The van der Waals surface area contributed by atoms with E-state index in [0.717, 1.165) is 11.1 Å². The molecule has 124 valence electrons. The van der Waals surface area contributed by atoms with E-state index in [1.807, 2.05) is 54.6 Å². The highest BCUT2D eigenvalue weighted by Crippen LogP contribution is 2.37. The number of carboxylic acid groups (broad SMARTS) is 1. The van der Waals surface area contributed by atoms with E-state index in [2.05, 4.69) is 0 Å². The van der Waals surface area contributed by atoms with Crippen LogP contribution in [0.5, 0.6) is 5.75 Å². The minimum absolute atomic E-state index is 0.258. The third kappa shape index (κ3) is 3.11. The molecule has 1 unspecified atom stereocenters. The van der Waals surface area contributed by atoms with Crippen molar-refractivity contribution in [1.82, 2.24) is 4.90 Å². The van der Waals surface area contributed by atoms with E-state index in [0.29, 0.717) is 5.75 Å². The van der Waals surface area contributed by atoms with Crippen LogP contribution in [0.4, 0.5) is 0 Å². The smallest absolute Gasteiger partial charge is 0.326 e. The van der Waals surface area contributed by atoms with Gasteiger partial charge < -0.3 is 14.7 Å². The standard InChI is InChI=1S/C19H19NO4/c1-13(21)20(17-12-24-18-10-6-5-9-15(17)18)16(19(22)23)11-14-7-3-2-4-8-14/h2-10,16-17H,11-12H2,1H3,(H,22,23)/t16-,17?/m0/s1. The van der Waals surface area contributed by atoms with Gasteiger partial charge in [-0.05, 0) is 11.6 Å². The van der Waals surface area contributed by atoms with Crippen molar-refractivity contribution in [3.8, 4) is 5.75 Å². The van der Waals surface area contributed by atoms with Gasteiger partial charge in [0, 0.05) is 18.9 Å². The van der Waals surface area contributed by atoms with Crippen LogP contribution in [-0.4, -0.2) is 34.5 Å². The van der Waals surface area contributed by atoms with Crippen LogP contribution in [0.1, 0.15) is 24.1 Å². The van der Waals surface area contributed by atoms with Gasteiger partial charge in [0.15, 0.2) is 0 Å². The average Bonchev–Trinajstić information content (AvgIpc) is 2.99. The van der Waals surface area contributed by atoms with Crippen molar-refractivity contribution in [2.24, 2.45) is 0 Å². The molecule has 5 nitrogen and oxygen atoms in total. The second-order valence-electron chi connectivity index (χ2n) is 5.83. The van der Waals surface area contributed by atoms with E-state index in [4.69, 9.17) is 4.74 Å². The highest BCUT2D eigenvalue weighted by Gasteiger charge is 2.38. The predicted molar refractivity (Wildman–Crippen MR) is 88.8 cm³/mol. The van der Waals surface area contributed by atoms with E-state index in [9.17, 15) is 14.7 Å². The number of para-hydroxylation sites is 1. The fraction of sp³-hybridized carbons (Fsp3) is 0.263. The Kier molecular flexibility index (Phi) is 4.51. The quantitative estimate of drug-likeness (QED) is 0.918. The number of hydrogen-bond donors (Lipinski definition) is 1. The number of carboxylic acids is 1. The number of aliphatic carboxylic acids is 1. The SMILES string of the molecule is CC(=O)N(C1COc2ccccc21)[C@@H](Cc1ccccc1)C(=O)O. The fourth-order valence-corrected chi connectivity index (χ4v) is 3.17. The third-order valence-electron chi connectivity index (χ3n) is 4.27. The molecule has 1 N–H and O–H groups in total. The van der Waals surface area contributed by atoms with Crippen LogP contribution in [0.15, 0.2) is 54.6 Å². The zero-order valence-electron chi connectivity index (χ0n) is 13.4. The second-order valence-corrected chi connectivity index (χ2v) is 5.83. The highest BCUT2D eigenvalue weighted by atomic mass is 16.5. The van der Waals surface area contributed by atoms with Crippen LogP contribution >= 0.6 is 0 Å². The number of benzene rings is 2. The Morgan fingerprint density at radius 1 is 1.17 bits per heavy atom. The molecule has 0 aromatic heterocycles. The van der Waals surface area contributed by atoms with Crippen LogP contribution < -0.4 is 4.74 Å². The summed E-state index contributed by atoms with van der Waals surface area (Å²) in [5.74, 6) is -0.584. The van der Waals surface area contributed by atoms with Gasteiger partial charge in [0.25, 0.3) is 0 Å². The molecule has 24 heavy (non-hydrogen) atoms. The molecular weight excluding hydrogens is 306 g/mol. The topological polar surface area (TPSA) is 66.8 Å². The summed E-state index contributed by atoms with van der Waals surface area (Å²) in [6.07, 6.45) is 0.258. The number of nitrogens with zero attached hydrogens (tertiary/aromatic N) is 1. The van der Waals surface area contributed by atoms with Crippen molar-refractivity contribution in [3.05, 3.63) is 65.7 Å². The van der Waals surface area contributed by atoms with E-state index < -0.39 is 12.0 Å². The lowest BCUT2D eigenvalue weighted by atomic mass is 10.00. The zero-order chi connectivity index (χ0) is 17.1. The highest BCUT2D eigenvalue weighted by molar-refractivity contribution is 5.83. The number of rotatable bonds is 5. The van der Waals surface area contributed by atoms with E-state index in [-0.39, 0.29) is 25.0 Å². The summed E-state index contributed by atoms with van der Waals surface area (Å²) < 4.78 is 5.64. The summed E-state index contributed by atoms with van der Waals surface area (Å²) in [6.45, 7) is 1.68. The summed E-state index contributed by atoms with van der Waals surface area (Å²) in [7, 11) is 0. The van der Waals surface area contributed by atoms with E-state index in [1.54, 1.807) is 0 Å². The predicted octanol–water partition coefficient (Wildman–Crippen LogP) is 2.66. The van der Waals surface area contributed by atoms with Crippen LogP contribution in [-0.2, 0) is 16.0 Å². The molecule has 1 aliphatic heterocycles. The maximum absolute atomic E-state index is 12.3. The number of hydrogen-bond acceptors (Lipinski definition) is 3. The Balaban J connectivity index is 1.94. The average molecular weight is 325 g/mol. The van der Waals surface area contributed by atoms with Gasteiger partial charge in [0.05, 0.1) is 6.04 Å². The molecule has 0 saturated carbocycles. The van der Waals surface area contributed by atoms with Gasteiger partial charge in [-0.15, -0.1) is 0 Å². The minimum atomic E-state index is -1.02. The first kappa shape index (κ1) is 16.1. The van der Waals surface area contributed by atoms with Crippen molar-refractivity contribution in [3.63, 3.8) is 0 Å². The van der Waals surface area contributed by atoms with Crippen molar-refractivity contribution >= 4 is 11.9 Å². The zero-order valence-corrected chi connectivity index (χ0v) is 13.4. The number of carbonyl (C=O) groups excluding carboxylic acids is 1. The number of amides is 1. The molecule has 1 amide bonds. The molecule has 2 aromatic carbocycles. The molecule has 1 heterocycles. The van der Waals surface area contributed by atoms with Gasteiger partial charge in [0.2, 0.25) is 5.91 Å². The third-order valence-corrected chi connectivity index (χ3v) is 4.27. The molecule has 0 bridgehead atoms. The number of fused-ring (bicyclic) bond motifs is 1. The lowest BCUT2D eigenvalue weighted by molar-refractivity contribution is -0.151. The molecule has 0 aliphatic carbocycles. The molecule has 3 rings (SSSR count). The van der Waals surface area contributed by atoms with E-state index in [1.165, 1.54) is 11.8 Å². The normalized spacial score (nSPS) is 16.8.